The molecule has 0 atom stereocenters. The van der Waals surface area contributed by atoms with Gasteiger partial charge in [0.1, 0.15) is 5.70 Å². The third-order valence-electron chi connectivity index (χ3n) is 4.60. The second-order valence-electron chi connectivity index (χ2n) is 6.76. The molecule has 25 heavy (non-hydrogen) atoms. The van der Waals surface area contributed by atoms with Gasteiger partial charge in [0.25, 0.3) is 11.5 Å². The zero-order chi connectivity index (χ0) is 17.8. The lowest BCUT2D eigenvalue weighted by Crippen LogP contribution is -2.33. The lowest BCUT2D eigenvalue weighted by atomic mass is 10.0. The van der Waals surface area contributed by atoms with E-state index in [1.54, 1.807) is 18.3 Å². The van der Waals surface area contributed by atoms with E-state index in [1.807, 2.05) is 23.1 Å². The minimum atomic E-state index is -0.194. The van der Waals surface area contributed by atoms with Crippen molar-refractivity contribution in [2.24, 2.45) is 0 Å². The molecule has 130 valence electrons. The van der Waals surface area contributed by atoms with Gasteiger partial charge in [0.2, 0.25) is 0 Å². The summed E-state index contributed by atoms with van der Waals surface area (Å²) < 4.78 is 1.44. The normalized spacial score (nSPS) is 15.0. The topological polar surface area (TPSA) is 42.3 Å². The average Bonchev–Trinajstić information content (AvgIpc) is 3.15. The van der Waals surface area contributed by atoms with Crippen LogP contribution in [0.1, 0.15) is 43.7 Å². The molecule has 1 aromatic heterocycles. The van der Waals surface area contributed by atoms with Crippen LogP contribution in [0.15, 0.2) is 53.5 Å². The van der Waals surface area contributed by atoms with E-state index < -0.39 is 0 Å². The van der Waals surface area contributed by atoms with E-state index in [1.165, 1.54) is 16.2 Å². The van der Waals surface area contributed by atoms with E-state index in [0.717, 1.165) is 31.5 Å². The van der Waals surface area contributed by atoms with E-state index in [9.17, 15) is 9.59 Å². The van der Waals surface area contributed by atoms with E-state index in [2.05, 4.69) is 26.0 Å². The number of hydrogen-bond donors (Lipinski definition) is 0. The van der Waals surface area contributed by atoms with Crippen molar-refractivity contribution >= 4 is 17.7 Å². The zero-order valence-corrected chi connectivity index (χ0v) is 14.8. The maximum Gasteiger partial charge on any atom is 0.270 e. The molecule has 1 amide bonds. The van der Waals surface area contributed by atoms with Gasteiger partial charge in [-0.1, -0.05) is 44.2 Å². The van der Waals surface area contributed by atoms with Crippen LogP contribution in [0.5, 0.6) is 0 Å². The van der Waals surface area contributed by atoms with Crippen LogP contribution in [-0.4, -0.2) is 28.5 Å². The maximum atomic E-state index is 13.0. The number of rotatable bonds is 4. The molecule has 0 radical (unpaired) electrons. The first-order chi connectivity index (χ1) is 12.1. The van der Waals surface area contributed by atoms with Crippen molar-refractivity contribution in [1.29, 1.82) is 0 Å². The molecule has 0 spiro atoms. The summed E-state index contributed by atoms with van der Waals surface area (Å²) in [6.45, 7) is 5.81. The molecule has 0 saturated carbocycles. The van der Waals surface area contributed by atoms with Gasteiger partial charge in [-0.25, -0.2) is 0 Å². The highest BCUT2D eigenvalue weighted by molar-refractivity contribution is 6.18. The molecule has 1 fully saturated rings. The average molecular weight is 336 g/mol. The van der Waals surface area contributed by atoms with E-state index in [4.69, 9.17) is 0 Å². The van der Waals surface area contributed by atoms with Crippen molar-refractivity contribution in [2.45, 2.75) is 32.6 Å². The first-order valence-corrected chi connectivity index (χ1v) is 8.85. The molecule has 0 aliphatic carbocycles. The summed E-state index contributed by atoms with van der Waals surface area (Å²) in [5.74, 6) is 0.374. The summed E-state index contributed by atoms with van der Waals surface area (Å²) in [6, 6.07) is 13.1. The lowest BCUT2D eigenvalue weighted by molar-refractivity contribution is -0.124. The summed E-state index contributed by atoms with van der Waals surface area (Å²) in [5, 5.41) is 0. The van der Waals surface area contributed by atoms with Crippen LogP contribution in [0.25, 0.3) is 11.8 Å². The third-order valence-corrected chi connectivity index (χ3v) is 4.60. The number of carbonyl (C=O) groups is 1. The Kier molecular flexibility index (Phi) is 5.17. The predicted octanol–water partition coefficient (Wildman–Crippen LogP) is 3.59. The van der Waals surface area contributed by atoms with Gasteiger partial charge in [0.05, 0.1) is 0 Å². The van der Waals surface area contributed by atoms with Crippen molar-refractivity contribution in [3.05, 3.63) is 70.1 Å². The minimum absolute atomic E-state index is 0.0845. The molecule has 0 N–H and O–H groups in total. The fourth-order valence-electron chi connectivity index (χ4n) is 3.08. The fraction of sp³-hybridized carbons (Fsp3) is 0.333. The Bertz CT molecular complexity index is 825. The summed E-state index contributed by atoms with van der Waals surface area (Å²) >= 11 is 0. The van der Waals surface area contributed by atoms with Gasteiger partial charge >= 0.3 is 0 Å². The molecular formula is C21H24N2O2. The molecule has 4 heteroatoms. The zero-order valence-electron chi connectivity index (χ0n) is 14.8. The fourth-order valence-corrected chi connectivity index (χ4v) is 3.08. The van der Waals surface area contributed by atoms with Crippen molar-refractivity contribution in [1.82, 2.24) is 9.47 Å². The van der Waals surface area contributed by atoms with Crippen LogP contribution in [0.4, 0.5) is 0 Å². The molecular weight excluding hydrogens is 312 g/mol. The second kappa shape index (κ2) is 7.51. The maximum absolute atomic E-state index is 13.0. The van der Waals surface area contributed by atoms with Crippen LogP contribution in [0, 0.1) is 0 Å². The first kappa shape index (κ1) is 17.2. The van der Waals surface area contributed by atoms with Gasteiger partial charge in [0.15, 0.2) is 0 Å². The Morgan fingerprint density at radius 2 is 1.72 bits per heavy atom. The molecule has 2 heterocycles. The van der Waals surface area contributed by atoms with E-state index in [0.29, 0.717) is 11.6 Å². The standard InChI is InChI=1S/C21H24N2O2/c1-16(2)18-10-8-17(9-11-18)15-19(21(25)22-12-5-6-13-22)23-14-4-3-7-20(23)24/h3-4,7-11,14-16H,5-6,12-13H2,1-2H3. The van der Waals surface area contributed by atoms with Crippen LogP contribution in [0.2, 0.25) is 0 Å². The molecule has 3 rings (SSSR count). The Balaban J connectivity index is 2.02. The van der Waals surface area contributed by atoms with Gasteiger partial charge in [-0.3, -0.25) is 14.2 Å². The number of likely N-dealkylation sites (tertiary alicyclic amines) is 1. The van der Waals surface area contributed by atoms with Crippen LogP contribution in [0.3, 0.4) is 0 Å². The van der Waals surface area contributed by atoms with Crippen LogP contribution < -0.4 is 5.56 Å². The van der Waals surface area contributed by atoms with Gasteiger partial charge in [0, 0.05) is 25.4 Å². The summed E-state index contributed by atoms with van der Waals surface area (Å²) in [6.07, 6.45) is 5.51. The number of hydrogen-bond acceptors (Lipinski definition) is 2. The van der Waals surface area contributed by atoms with Gasteiger partial charge in [-0.15, -0.1) is 0 Å². The number of aromatic nitrogens is 1. The smallest absolute Gasteiger partial charge is 0.270 e. The van der Waals surface area contributed by atoms with Crippen molar-refractivity contribution in [2.75, 3.05) is 13.1 Å². The second-order valence-corrected chi connectivity index (χ2v) is 6.76. The number of carbonyl (C=O) groups excluding carboxylic acids is 1. The lowest BCUT2D eigenvalue weighted by Gasteiger charge is -2.19. The molecule has 4 nitrogen and oxygen atoms in total. The molecule has 1 aliphatic heterocycles. The highest BCUT2D eigenvalue weighted by Crippen LogP contribution is 2.19. The van der Waals surface area contributed by atoms with E-state index >= 15 is 0 Å². The largest absolute Gasteiger partial charge is 0.337 e. The Hall–Kier alpha value is -2.62. The molecule has 1 aliphatic rings. The quantitative estimate of drug-likeness (QED) is 0.801. The monoisotopic (exact) mass is 336 g/mol. The predicted molar refractivity (Wildman–Crippen MR) is 101 cm³/mol. The number of pyridine rings is 1. The molecule has 2 aromatic rings. The summed E-state index contributed by atoms with van der Waals surface area (Å²) in [5.41, 5.74) is 2.38. The van der Waals surface area contributed by atoms with Crippen molar-refractivity contribution in [3.63, 3.8) is 0 Å². The van der Waals surface area contributed by atoms with Crippen LogP contribution in [-0.2, 0) is 4.79 Å². The number of amides is 1. The number of benzene rings is 1. The molecule has 0 bridgehead atoms. The Morgan fingerprint density at radius 1 is 1.04 bits per heavy atom. The molecule has 0 unspecified atom stereocenters. The van der Waals surface area contributed by atoms with Gasteiger partial charge in [-0.05, 0) is 42.0 Å². The first-order valence-electron chi connectivity index (χ1n) is 8.85. The van der Waals surface area contributed by atoms with Crippen molar-refractivity contribution in [3.8, 4) is 0 Å². The Morgan fingerprint density at radius 3 is 2.32 bits per heavy atom. The highest BCUT2D eigenvalue weighted by atomic mass is 16.2. The van der Waals surface area contributed by atoms with Gasteiger partial charge in [-0.2, -0.15) is 0 Å². The molecule has 1 saturated heterocycles. The summed E-state index contributed by atoms with van der Waals surface area (Å²) in [7, 11) is 0. The molecule has 1 aromatic carbocycles. The minimum Gasteiger partial charge on any atom is -0.337 e. The van der Waals surface area contributed by atoms with E-state index in [-0.39, 0.29) is 11.5 Å². The Labute approximate surface area is 148 Å². The third kappa shape index (κ3) is 3.90. The highest BCUT2D eigenvalue weighted by Gasteiger charge is 2.23. The van der Waals surface area contributed by atoms with Gasteiger partial charge < -0.3 is 4.90 Å². The SMILES string of the molecule is CC(C)c1ccc(C=C(C(=O)N2CCCC2)n2ccccc2=O)cc1. The number of nitrogens with zero attached hydrogens (tertiary/aromatic N) is 2. The summed E-state index contributed by atoms with van der Waals surface area (Å²) in [4.78, 5) is 27.1. The van der Waals surface area contributed by atoms with Crippen molar-refractivity contribution < 1.29 is 4.79 Å². The van der Waals surface area contributed by atoms with Crippen LogP contribution >= 0.6 is 0 Å².